The van der Waals surface area contributed by atoms with Crippen LogP contribution in [-0.2, 0) is 0 Å². The highest BCUT2D eigenvalue weighted by molar-refractivity contribution is 7.99. The SMILES string of the molecule is Nc1cccc(-c2ccc(Sc3ccccc3)c(N)c2)c1. The van der Waals surface area contributed by atoms with Crippen LogP contribution in [0.3, 0.4) is 0 Å². The van der Waals surface area contributed by atoms with Gasteiger partial charge in [0.1, 0.15) is 0 Å². The molecule has 4 N–H and O–H groups in total. The average molecular weight is 292 g/mol. The van der Waals surface area contributed by atoms with Gasteiger partial charge in [0.25, 0.3) is 0 Å². The van der Waals surface area contributed by atoms with Crippen LogP contribution >= 0.6 is 11.8 Å². The average Bonchev–Trinajstić information content (AvgIpc) is 2.50. The van der Waals surface area contributed by atoms with E-state index in [1.165, 1.54) is 4.90 Å². The number of anilines is 2. The molecule has 104 valence electrons. The third-order valence-corrected chi connectivity index (χ3v) is 4.30. The van der Waals surface area contributed by atoms with E-state index in [9.17, 15) is 0 Å². The van der Waals surface area contributed by atoms with Crippen LogP contribution in [0.5, 0.6) is 0 Å². The van der Waals surface area contributed by atoms with Crippen molar-refractivity contribution in [3.63, 3.8) is 0 Å². The Balaban J connectivity index is 1.90. The highest BCUT2D eigenvalue weighted by atomic mass is 32.2. The predicted octanol–water partition coefficient (Wildman–Crippen LogP) is 4.67. The first kappa shape index (κ1) is 13.6. The third-order valence-electron chi connectivity index (χ3n) is 3.20. The maximum absolute atomic E-state index is 6.19. The molecule has 3 aromatic rings. The number of rotatable bonds is 3. The summed E-state index contributed by atoms with van der Waals surface area (Å²) in [5.41, 5.74) is 15.7. The molecule has 0 saturated heterocycles. The number of nitrogens with two attached hydrogens (primary N) is 2. The monoisotopic (exact) mass is 292 g/mol. The fraction of sp³-hybridized carbons (Fsp3) is 0. The van der Waals surface area contributed by atoms with Gasteiger partial charge in [-0.1, -0.05) is 48.2 Å². The Morgan fingerprint density at radius 1 is 0.667 bits per heavy atom. The van der Waals surface area contributed by atoms with Gasteiger partial charge in [0.2, 0.25) is 0 Å². The summed E-state index contributed by atoms with van der Waals surface area (Å²) >= 11 is 1.67. The second kappa shape index (κ2) is 5.94. The molecular weight excluding hydrogens is 276 g/mol. The van der Waals surface area contributed by atoms with Crippen LogP contribution in [0.1, 0.15) is 0 Å². The maximum atomic E-state index is 6.19. The molecule has 3 heteroatoms. The molecule has 0 unspecified atom stereocenters. The Morgan fingerprint density at radius 3 is 2.14 bits per heavy atom. The zero-order valence-corrected chi connectivity index (χ0v) is 12.3. The van der Waals surface area contributed by atoms with Crippen LogP contribution in [0.2, 0.25) is 0 Å². The molecule has 0 fully saturated rings. The quantitative estimate of drug-likeness (QED) is 0.690. The van der Waals surface area contributed by atoms with E-state index in [0.29, 0.717) is 0 Å². The molecule has 0 atom stereocenters. The summed E-state index contributed by atoms with van der Waals surface area (Å²) in [7, 11) is 0. The molecule has 0 aromatic heterocycles. The van der Waals surface area contributed by atoms with Crippen LogP contribution in [0.15, 0.2) is 82.6 Å². The zero-order chi connectivity index (χ0) is 14.7. The molecule has 0 aliphatic heterocycles. The van der Waals surface area contributed by atoms with E-state index in [2.05, 4.69) is 24.3 Å². The fourth-order valence-corrected chi connectivity index (χ4v) is 3.01. The van der Waals surface area contributed by atoms with Crippen molar-refractivity contribution in [2.75, 3.05) is 11.5 Å². The fourth-order valence-electron chi connectivity index (χ4n) is 2.15. The molecule has 0 amide bonds. The van der Waals surface area contributed by atoms with Gasteiger partial charge < -0.3 is 11.5 Å². The van der Waals surface area contributed by atoms with Crippen molar-refractivity contribution in [2.24, 2.45) is 0 Å². The molecule has 0 heterocycles. The Labute approximate surface area is 128 Å². The molecular formula is C18H16N2S. The first-order valence-corrected chi connectivity index (χ1v) is 7.52. The van der Waals surface area contributed by atoms with Gasteiger partial charge >= 0.3 is 0 Å². The first-order valence-electron chi connectivity index (χ1n) is 6.71. The Kier molecular flexibility index (Phi) is 3.84. The Hall–Kier alpha value is -2.39. The van der Waals surface area contributed by atoms with Crippen molar-refractivity contribution < 1.29 is 0 Å². The maximum Gasteiger partial charge on any atom is 0.0462 e. The minimum absolute atomic E-state index is 0.758. The number of benzene rings is 3. The molecule has 2 nitrogen and oxygen atoms in total. The summed E-state index contributed by atoms with van der Waals surface area (Å²) in [6.07, 6.45) is 0. The van der Waals surface area contributed by atoms with E-state index in [1.54, 1.807) is 11.8 Å². The van der Waals surface area contributed by atoms with Gasteiger partial charge in [-0.15, -0.1) is 0 Å². The summed E-state index contributed by atoms with van der Waals surface area (Å²) < 4.78 is 0. The van der Waals surface area contributed by atoms with Crippen molar-refractivity contribution in [3.8, 4) is 11.1 Å². The minimum Gasteiger partial charge on any atom is -0.399 e. The normalized spacial score (nSPS) is 10.5. The van der Waals surface area contributed by atoms with Crippen molar-refractivity contribution >= 4 is 23.1 Å². The lowest BCUT2D eigenvalue weighted by atomic mass is 10.0. The first-order chi connectivity index (χ1) is 10.2. The second-order valence-corrected chi connectivity index (χ2v) is 5.91. The van der Waals surface area contributed by atoms with Gasteiger partial charge in [-0.3, -0.25) is 0 Å². The van der Waals surface area contributed by atoms with Crippen LogP contribution in [-0.4, -0.2) is 0 Å². The second-order valence-electron chi connectivity index (χ2n) is 4.79. The van der Waals surface area contributed by atoms with E-state index >= 15 is 0 Å². The van der Waals surface area contributed by atoms with Crippen molar-refractivity contribution in [2.45, 2.75) is 9.79 Å². The zero-order valence-electron chi connectivity index (χ0n) is 11.5. The van der Waals surface area contributed by atoms with E-state index in [0.717, 1.165) is 27.4 Å². The summed E-state index contributed by atoms with van der Waals surface area (Å²) in [4.78, 5) is 2.25. The number of hydrogen-bond donors (Lipinski definition) is 2. The molecule has 3 rings (SSSR count). The van der Waals surface area contributed by atoms with Gasteiger partial charge in [-0.05, 0) is 47.5 Å². The summed E-state index contributed by atoms with van der Waals surface area (Å²) in [5.74, 6) is 0. The molecule has 0 aliphatic rings. The number of nitrogen functional groups attached to an aromatic ring is 2. The van der Waals surface area contributed by atoms with E-state index in [4.69, 9.17) is 11.5 Å². The van der Waals surface area contributed by atoms with Crippen LogP contribution in [0.25, 0.3) is 11.1 Å². The Bertz CT molecular complexity index is 754. The lowest BCUT2D eigenvalue weighted by Gasteiger charge is -2.09. The topological polar surface area (TPSA) is 52.0 Å². The molecule has 0 spiro atoms. The summed E-state index contributed by atoms with van der Waals surface area (Å²) in [6.45, 7) is 0. The largest absolute Gasteiger partial charge is 0.399 e. The highest BCUT2D eigenvalue weighted by Crippen LogP contribution is 2.34. The molecule has 0 radical (unpaired) electrons. The van der Waals surface area contributed by atoms with Gasteiger partial charge in [0.05, 0.1) is 0 Å². The van der Waals surface area contributed by atoms with Crippen LogP contribution in [0.4, 0.5) is 11.4 Å². The minimum atomic E-state index is 0.758. The van der Waals surface area contributed by atoms with Gasteiger partial charge in [-0.25, -0.2) is 0 Å². The Morgan fingerprint density at radius 2 is 1.43 bits per heavy atom. The van der Waals surface area contributed by atoms with E-state index in [-0.39, 0.29) is 0 Å². The van der Waals surface area contributed by atoms with E-state index < -0.39 is 0 Å². The van der Waals surface area contributed by atoms with Crippen molar-refractivity contribution in [1.29, 1.82) is 0 Å². The molecule has 21 heavy (non-hydrogen) atoms. The van der Waals surface area contributed by atoms with Crippen molar-refractivity contribution in [3.05, 3.63) is 72.8 Å². The lowest BCUT2D eigenvalue weighted by molar-refractivity contribution is 1.41. The van der Waals surface area contributed by atoms with Crippen LogP contribution in [0, 0.1) is 0 Å². The molecule has 0 saturated carbocycles. The number of hydrogen-bond acceptors (Lipinski definition) is 3. The van der Waals surface area contributed by atoms with Gasteiger partial charge in [-0.2, -0.15) is 0 Å². The van der Waals surface area contributed by atoms with Crippen molar-refractivity contribution in [1.82, 2.24) is 0 Å². The summed E-state index contributed by atoms with van der Waals surface area (Å²) in [6, 6.07) is 24.2. The molecule has 0 aliphatic carbocycles. The van der Waals surface area contributed by atoms with Crippen LogP contribution < -0.4 is 11.5 Å². The smallest absolute Gasteiger partial charge is 0.0462 e. The molecule has 3 aromatic carbocycles. The predicted molar refractivity (Wildman–Crippen MR) is 91.3 cm³/mol. The summed E-state index contributed by atoms with van der Waals surface area (Å²) in [5, 5.41) is 0. The third kappa shape index (κ3) is 3.20. The standard InChI is InChI=1S/C18H16N2S/c19-15-6-4-5-13(11-15)14-9-10-18(17(20)12-14)21-16-7-2-1-3-8-16/h1-12H,19-20H2. The highest BCUT2D eigenvalue weighted by Gasteiger charge is 2.05. The lowest BCUT2D eigenvalue weighted by Crippen LogP contribution is -1.90. The molecule has 0 bridgehead atoms. The van der Waals surface area contributed by atoms with Gasteiger partial charge in [0, 0.05) is 21.2 Å². The van der Waals surface area contributed by atoms with E-state index in [1.807, 2.05) is 48.5 Å². The van der Waals surface area contributed by atoms with Gasteiger partial charge in [0.15, 0.2) is 0 Å².